The summed E-state index contributed by atoms with van der Waals surface area (Å²) >= 11 is 4.61. The second kappa shape index (κ2) is 13.8. The van der Waals surface area contributed by atoms with Gasteiger partial charge in [-0.3, -0.25) is 4.79 Å². The Bertz CT molecular complexity index is 1350. The first-order chi connectivity index (χ1) is 19.3. The quantitative estimate of drug-likeness (QED) is 0.249. The molecule has 1 aromatic carbocycles. The van der Waals surface area contributed by atoms with Gasteiger partial charge in [0.25, 0.3) is 11.1 Å². The number of carbonyl (C=O) groups is 2. The maximum Gasteiger partial charge on any atom is 0.410 e. The van der Waals surface area contributed by atoms with Crippen molar-refractivity contribution in [3.63, 3.8) is 0 Å². The van der Waals surface area contributed by atoms with E-state index < -0.39 is 17.6 Å². The van der Waals surface area contributed by atoms with Crippen LogP contribution in [0.2, 0.25) is 0 Å². The topological polar surface area (TPSA) is 137 Å². The summed E-state index contributed by atoms with van der Waals surface area (Å²) in [6, 6.07) is 5.58. The molecular weight excluding hydrogens is 616 g/mol. The van der Waals surface area contributed by atoms with Crippen molar-refractivity contribution in [2.24, 2.45) is 0 Å². The first-order valence-corrected chi connectivity index (χ1v) is 14.4. The number of methoxy groups -OCH3 is 2. The van der Waals surface area contributed by atoms with Crippen molar-refractivity contribution in [3.8, 4) is 22.7 Å². The zero-order chi connectivity index (χ0) is 30.3. The highest BCUT2D eigenvalue weighted by Gasteiger charge is 2.25. The summed E-state index contributed by atoms with van der Waals surface area (Å²) in [5.41, 5.74) is 0.602. The molecule has 0 saturated heterocycles. The number of ether oxygens (including phenoxy) is 4. The Morgan fingerprint density at radius 3 is 2.34 bits per heavy atom. The van der Waals surface area contributed by atoms with Crippen molar-refractivity contribution in [1.82, 2.24) is 19.9 Å². The highest BCUT2D eigenvalue weighted by atomic mass is 79.9. The van der Waals surface area contributed by atoms with E-state index in [1.807, 2.05) is 59.7 Å². The van der Waals surface area contributed by atoms with E-state index in [-0.39, 0.29) is 35.1 Å². The Morgan fingerprint density at radius 1 is 1.10 bits per heavy atom. The van der Waals surface area contributed by atoms with Gasteiger partial charge in [0.15, 0.2) is 5.69 Å². The summed E-state index contributed by atoms with van der Waals surface area (Å²) in [5, 5.41) is 7.68. The zero-order valence-electron chi connectivity index (χ0n) is 24.3. The molecule has 0 atom stereocenters. The SMILES string of the molecule is COc1nc(NCCN(C(=O)OC(C)(C)C)C(C)C)nc(OC)c1NC(=O)c1csc(Oc2cc(Br)ccc2C)n1. The van der Waals surface area contributed by atoms with Crippen molar-refractivity contribution in [2.45, 2.75) is 53.2 Å². The van der Waals surface area contributed by atoms with E-state index in [1.165, 1.54) is 25.6 Å². The highest BCUT2D eigenvalue weighted by Crippen LogP contribution is 2.34. The minimum atomic E-state index is -0.604. The first kappa shape index (κ1) is 31.9. The summed E-state index contributed by atoms with van der Waals surface area (Å²) in [6.45, 7) is 11.9. The van der Waals surface area contributed by atoms with Crippen LogP contribution in [0.25, 0.3) is 0 Å². The number of aromatic nitrogens is 3. The van der Waals surface area contributed by atoms with Crippen molar-refractivity contribution in [3.05, 3.63) is 39.3 Å². The van der Waals surface area contributed by atoms with Crippen molar-refractivity contribution in [2.75, 3.05) is 37.9 Å². The Kier molecular flexibility index (Phi) is 10.7. The van der Waals surface area contributed by atoms with E-state index in [1.54, 1.807) is 10.3 Å². The molecule has 222 valence electrons. The summed E-state index contributed by atoms with van der Waals surface area (Å²) in [5.74, 6) is 0.461. The number of anilines is 2. The van der Waals surface area contributed by atoms with Crippen LogP contribution in [0.1, 0.15) is 50.7 Å². The number of amides is 2. The van der Waals surface area contributed by atoms with Crippen LogP contribution in [-0.4, -0.2) is 70.8 Å². The number of benzene rings is 1. The van der Waals surface area contributed by atoms with E-state index >= 15 is 0 Å². The number of carbonyl (C=O) groups excluding carboxylic acids is 2. The minimum absolute atomic E-state index is 0.0792. The van der Waals surface area contributed by atoms with Gasteiger partial charge in [0, 0.05) is 29.0 Å². The number of nitrogens with zero attached hydrogens (tertiary/aromatic N) is 4. The fraction of sp³-hybridized carbons (Fsp3) is 0.444. The molecule has 41 heavy (non-hydrogen) atoms. The van der Waals surface area contributed by atoms with Gasteiger partial charge in [0.1, 0.15) is 17.0 Å². The number of nitrogens with one attached hydrogen (secondary N) is 2. The molecule has 14 heteroatoms. The van der Waals surface area contributed by atoms with Crippen LogP contribution >= 0.6 is 27.3 Å². The maximum atomic E-state index is 13.0. The van der Waals surface area contributed by atoms with Crippen molar-refractivity contribution >= 4 is 50.9 Å². The lowest BCUT2D eigenvalue weighted by Gasteiger charge is -2.30. The van der Waals surface area contributed by atoms with Gasteiger partial charge in [-0.2, -0.15) is 15.0 Å². The third kappa shape index (κ3) is 8.92. The Balaban J connectivity index is 1.70. The van der Waals surface area contributed by atoms with Gasteiger partial charge in [-0.15, -0.1) is 0 Å². The molecular formula is C27H35BrN6O6S. The molecule has 3 aromatic rings. The second-order valence-electron chi connectivity index (χ2n) is 10.1. The maximum absolute atomic E-state index is 13.0. The summed E-state index contributed by atoms with van der Waals surface area (Å²) in [7, 11) is 2.83. The number of hydrogen-bond donors (Lipinski definition) is 2. The largest absolute Gasteiger partial charge is 0.479 e. The number of aryl methyl sites for hydroxylation is 1. The van der Waals surface area contributed by atoms with Crippen LogP contribution < -0.4 is 24.8 Å². The molecule has 0 saturated carbocycles. The van der Waals surface area contributed by atoms with Crippen LogP contribution in [0.3, 0.4) is 0 Å². The Morgan fingerprint density at radius 2 is 1.76 bits per heavy atom. The lowest BCUT2D eigenvalue weighted by atomic mass is 10.2. The van der Waals surface area contributed by atoms with Gasteiger partial charge in [-0.25, -0.2) is 4.79 Å². The van der Waals surface area contributed by atoms with Crippen LogP contribution in [0, 0.1) is 6.92 Å². The van der Waals surface area contributed by atoms with Gasteiger partial charge in [-0.1, -0.05) is 33.3 Å². The minimum Gasteiger partial charge on any atom is -0.479 e. The molecule has 0 radical (unpaired) electrons. The van der Waals surface area contributed by atoms with Gasteiger partial charge < -0.3 is 34.5 Å². The van der Waals surface area contributed by atoms with Gasteiger partial charge in [-0.05, 0) is 59.2 Å². The average Bonchev–Trinajstić information content (AvgIpc) is 3.36. The molecule has 0 spiro atoms. The summed E-state index contributed by atoms with van der Waals surface area (Å²) in [4.78, 5) is 40.2. The van der Waals surface area contributed by atoms with Gasteiger partial charge in [0.2, 0.25) is 17.7 Å². The average molecular weight is 652 g/mol. The third-order valence-electron chi connectivity index (χ3n) is 5.42. The molecule has 2 heterocycles. The normalized spacial score (nSPS) is 11.2. The second-order valence-corrected chi connectivity index (χ2v) is 11.8. The van der Waals surface area contributed by atoms with Crippen molar-refractivity contribution in [1.29, 1.82) is 0 Å². The molecule has 0 aliphatic carbocycles. The highest BCUT2D eigenvalue weighted by molar-refractivity contribution is 9.10. The van der Waals surface area contributed by atoms with E-state index in [0.717, 1.165) is 10.0 Å². The molecule has 0 unspecified atom stereocenters. The molecule has 3 rings (SSSR count). The summed E-state index contributed by atoms with van der Waals surface area (Å²) in [6.07, 6.45) is -0.411. The Labute approximate surface area is 251 Å². The van der Waals surface area contributed by atoms with Crippen molar-refractivity contribution < 1.29 is 28.5 Å². The fourth-order valence-electron chi connectivity index (χ4n) is 3.44. The standard InChI is InChI=1S/C27H35BrN6O6S/c1-15(2)34(26(36)40-27(4,5)6)12-11-29-24-32-22(37-7)20(23(33-24)38-8)31-21(35)18-14-41-25(30-18)39-19-13-17(28)10-9-16(19)3/h9-10,13-15H,11-12H2,1-8H3,(H,31,35)(H,29,32,33). The van der Waals surface area contributed by atoms with Crippen LogP contribution in [0.15, 0.2) is 28.1 Å². The van der Waals surface area contributed by atoms with E-state index in [2.05, 4.69) is 41.5 Å². The Hall–Kier alpha value is -3.65. The number of thiazole rings is 1. The first-order valence-electron chi connectivity index (χ1n) is 12.8. The number of hydrogen-bond acceptors (Lipinski definition) is 11. The number of halogens is 1. The zero-order valence-corrected chi connectivity index (χ0v) is 26.7. The van der Waals surface area contributed by atoms with Gasteiger partial charge in [0.05, 0.1) is 14.2 Å². The molecule has 0 aliphatic rings. The van der Waals surface area contributed by atoms with E-state index in [9.17, 15) is 9.59 Å². The predicted octanol–water partition coefficient (Wildman–Crippen LogP) is 6.12. The third-order valence-corrected chi connectivity index (χ3v) is 6.63. The van der Waals surface area contributed by atoms with Crippen LogP contribution in [0.5, 0.6) is 22.7 Å². The molecule has 0 fully saturated rings. The molecule has 2 N–H and O–H groups in total. The summed E-state index contributed by atoms with van der Waals surface area (Å²) < 4.78 is 23.1. The lowest BCUT2D eigenvalue weighted by molar-refractivity contribution is 0.0200. The van der Waals surface area contributed by atoms with Crippen LogP contribution in [-0.2, 0) is 4.74 Å². The van der Waals surface area contributed by atoms with E-state index in [0.29, 0.717) is 24.0 Å². The number of rotatable bonds is 11. The van der Waals surface area contributed by atoms with Crippen LogP contribution in [0.4, 0.5) is 16.4 Å². The van der Waals surface area contributed by atoms with E-state index in [4.69, 9.17) is 18.9 Å². The molecule has 2 amide bonds. The molecule has 12 nitrogen and oxygen atoms in total. The monoisotopic (exact) mass is 650 g/mol. The fourth-order valence-corrected chi connectivity index (χ4v) is 4.44. The molecule has 0 aliphatic heterocycles. The lowest BCUT2D eigenvalue weighted by Crippen LogP contribution is -2.43. The smallest absolute Gasteiger partial charge is 0.410 e. The molecule has 0 bridgehead atoms. The van der Waals surface area contributed by atoms with Gasteiger partial charge >= 0.3 is 6.09 Å². The predicted molar refractivity (Wildman–Crippen MR) is 161 cm³/mol. The molecule has 2 aromatic heterocycles.